The number of nitrogens with zero attached hydrogens (tertiary/aromatic N) is 3. The first-order chi connectivity index (χ1) is 15.5. The van der Waals surface area contributed by atoms with Crippen LogP contribution in [0.1, 0.15) is 36.9 Å². The lowest BCUT2D eigenvalue weighted by molar-refractivity contribution is 0.0657. The van der Waals surface area contributed by atoms with Crippen molar-refractivity contribution in [3.05, 3.63) is 54.0 Å². The first-order valence-corrected chi connectivity index (χ1v) is 11.0. The summed E-state index contributed by atoms with van der Waals surface area (Å²) in [5.41, 5.74) is 1.78. The van der Waals surface area contributed by atoms with Crippen molar-refractivity contribution in [2.45, 2.75) is 33.4 Å². The van der Waals surface area contributed by atoms with E-state index in [9.17, 15) is 9.59 Å². The summed E-state index contributed by atoms with van der Waals surface area (Å²) < 4.78 is 5.23. The third kappa shape index (κ3) is 7.95. The van der Waals surface area contributed by atoms with Crippen molar-refractivity contribution in [3.63, 3.8) is 0 Å². The third-order valence-corrected chi connectivity index (χ3v) is 4.98. The zero-order chi connectivity index (χ0) is 22.9. The molecule has 0 bridgehead atoms. The van der Waals surface area contributed by atoms with Crippen molar-refractivity contribution in [3.8, 4) is 0 Å². The fourth-order valence-corrected chi connectivity index (χ4v) is 3.39. The van der Waals surface area contributed by atoms with E-state index in [0.29, 0.717) is 38.5 Å². The van der Waals surface area contributed by atoms with Gasteiger partial charge in [-0.15, -0.1) is 24.0 Å². The van der Waals surface area contributed by atoms with Crippen LogP contribution in [0.2, 0.25) is 0 Å². The predicted octanol–water partition coefficient (Wildman–Crippen LogP) is 3.35. The number of rotatable bonds is 6. The minimum Gasteiger partial charge on any atom is -0.459 e. The number of nitrogens with one attached hydrogen (secondary N) is 3. The summed E-state index contributed by atoms with van der Waals surface area (Å²) in [5, 5.41) is 8.95. The summed E-state index contributed by atoms with van der Waals surface area (Å²) in [6.45, 7) is 9.78. The average Bonchev–Trinajstić information content (AvgIpc) is 3.32. The topological polar surface area (TPSA) is 102 Å². The van der Waals surface area contributed by atoms with Crippen LogP contribution in [0.15, 0.2) is 52.1 Å². The Bertz CT molecular complexity index is 907. The number of benzene rings is 1. The summed E-state index contributed by atoms with van der Waals surface area (Å²) in [5.74, 6) is 1.13. The number of anilines is 1. The van der Waals surface area contributed by atoms with Crippen molar-refractivity contribution >= 4 is 47.6 Å². The quantitative estimate of drug-likeness (QED) is 0.282. The highest BCUT2D eigenvalue weighted by Crippen LogP contribution is 2.12. The van der Waals surface area contributed by atoms with Crippen LogP contribution in [0.5, 0.6) is 0 Å². The first kappa shape index (κ1) is 26.5. The van der Waals surface area contributed by atoms with E-state index in [1.165, 1.54) is 6.26 Å². The lowest BCUT2D eigenvalue weighted by Gasteiger charge is -2.36. The molecule has 0 saturated carbocycles. The standard InChI is InChI=1S/C23H32N6O3.HI/c1-4-24-22(29-13-11-28(12-14-29)21(30)20-6-5-15-32-20)25-16-18-7-9-19(10-8-18)27-23(31)26-17(2)3;/h5-10,15,17H,4,11-14,16H2,1-3H3,(H,24,25)(H2,26,27,31);1H. The molecule has 0 aliphatic carbocycles. The maximum absolute atomic E-state index is 12.5. The Balaban J connectivity index is 0.00000385. The van der Waals surface area contributed by atoms with Gasteiger partial charge < -0.3 is 30.2 Å². The van der Waals surface area contributed by atoms with Gasteiger partial charge in [0.05, 0.1) is 12.8 Å². The monoisotopic (exact) mass is 568 g/mol. The molecule has 2 aromatic rings. The second-order valence-electron chi connectivity index (χ2n) is 7.88. The van der Waals surface area contributed by atoms with Crippen molar-refractivity contribution in [1.29, 1.82) is 0 Å². The molecule has 1 aliphatic heterocycles. The molecular formula is C23H33IN6O3. The van der Waals surface area contributed by atoms with Gasteiger partial charge in [0.2, 0.25) is 0 Å². The molecule has 3 N–H and O–H groups in total. The smallest absolute Gasteiger partial charge is 0.319 e. The zero-order valence-electron chi connectivity index (χ0n) is 19.3. The Morgan fingerprint density at radius 3 is 2.30 bits per heavy atom. The number of aliphatic imine (C=N–C) groups is 1. The van der Waals surface area contributed by atoms with Crippen LogP contribution in [-0.4, -0.2) is 66.5 Å². The number of amides is 3. The minimum absolute atomic E-state index is 0. The van der Waals surface area contributed by atoms with Gasteiger partial charge in [-0.1, -0.05) is 12.1 Å². The van der Waals surface area contributed by atoms with Gasteiger partial charge in [0.1, 0.15) is 0 Å². The lowest BCUT2D eigenvalue weighted by atomic mass is 10.2. The maximum Gasteiger partial charge on any atom is 0.319 e. The van der Waals surface area contributed by atoms with E-state index >= 15 is 0 Å². The van der Waals surface area contributed by atoms with Gasteiger partial charge in [-0.3, -0.25) is 4.79 Å². The Labute approximate surface area is 212 Å². The molecule has 1 aliphatic rings. The number of halogens is 1. The Kier molecular flexibility index (Phi) is 10.5. The van der Waals surface area contributed by atoms with Crippen molar-refractivity contribution < 1.29 is 14.0 Å². The Morgan fingerprint density at radius 1 is 1.06 bits per heavy atom. The minimum atomic E-state index is -0.218. The van der Waals surface area contributed by atoms with E-state index in [-0.39, 0.29) is 42.0 Å². The molecular weight excluding hydrogens is 535 g/mol. The largest absolute Gasteiger partial charge is 0.459 e. The van der Waals surface area contributed by atoms with Gasteiger partial charge in [-0.05, 0) is 50.6 Å². The number of furan rings is 1. The molecule has 3 rings (SSSR count). The summed E-state index contributed by atoms with van der Waals surface area (Å²) in [4.78, 5) is 33.0. The molecule has 0 spiro atoms. The summed E-state index contributed by atoms with van der Waals surface area (Å²) in [6.07, 6.45) is 1.52. The molecule has 2 heterocycles. The Morgan fingerprint density at radius 2 is 1.73 bits per heavy atom. The molecule has 10 heteroatoms. The molecule has 33 heavy (non-hydrogen) atoms. The zero-order valence-corrected chi connectivity index (χ0v) is 21.7. The van der Waals surface area contributed by atoms with E-state index in [1.807, 2.05) is 45.0 Å². The molecule has 1 aromatic heterocycles. The highest BCUT2D eigenvalue weighted by atomic mass is 127. The van der Waals surface area contributed by atoms with Crippen LogP contribution in [0.3, 0.4) is 0 Å². The summed E-state index contributed by atoms with van der Waals surface area (Å²) >= 11 is 0. The third-order valence-electron chi connectivity index (χ3n) is 4.98. The molecule has 0 atom stereocenters. The predicted molar refractivity (Wildman–Crippen MR) is 140 cm³/mol. The van der Waals surface area contributed by atoms with Crippen molar-refractivity contribution in [2.75, 3.05) is 38.0 Å². The van der Waals surface area contributed by atoms with Gasteiger partial charge in [-0.2, -0.15) is 0 Å². The normalized spacial score (nSPS) is 14.0. The molecule has 9 nitrogen and oxygen atoms in total. The molecule has 1 aromatic carbocycles. The fourth-order valence-electron chi connectivity index (χ4n) is 3.39. The number of hydrogen-bond donors (Lipinski definition) is 3. The summed E-state index contributed by atoms with van der Waals surface area (Å²) in [6, 6.07) is 10.9. The van der Waals surface area contributed by atoms with Gasteiger partial charge >= 0.3 is 6.03 Å². The highest BCUT2D eigenvalue weighted by molar-refractivity contribution is 14.0. The fraction of sp³-hybridized carbons (Fsp3) is 0.435. The first-order valence-electron chi connectivity index (χ1n) is 11.0. The van der Waals surface area contributed by atoms with Crippen LogP contribution in [0.4, 0.5) is 10.5 Å². The van der Waals surface area contributed by atoms with Crippen molar-refractivity contribution in [2.24, 2.45) is 4.99 Å². The second-order valence-corrected chi connectivity index (χ2v) is 7.88. The van der Waals surface area contributed by atoms with E-state index in [1.54, 1.807) is 17.0 Å². The van der Waals surface area contributed by atoms with Crippen LogP contribution >= 0.6 is 24.0 Å². The van der Waals surface area contributed by atoms with E-state index < -0.39 is 0 Å². The van der Waals surface area contributed by atoms with Crippen LogP contribution in [-0.2, 0) is 6.54 Å². The van der Waals surface area contributed by atoms with Crippen LogP contribution < -0.4 is 16.0 Å². The number of guanidine groups is 1. The van der Waals surface area contributed by atoms with Gasteiger partial charge in [0.15, 0.2) is 11.7 Å². The maximum atomic E-state index is 12.5. The number of urea groups is 1. The molecule has 180 valence electrons. The molecule has 1 saturated heterocycles. The molecule has 0 unspecified atom stereocenters. The average molecular weight is 568 g/mol. The molecule has 3 amide bonds. The number of piperazine rings is 1. The van der Waals surface area contributed by atoms with Gasteiger partial charge in [-0.25, -0.2) is 9.79 Å². The number of hydrogen-bond acceptors (Lipinski definition) is 4. The Hall–Kier alpha value is -2.76. The number of carbonyl (C=O) groups excluding carboxylic acids is 2. The van der Waals surface area contributed by atoms with E-state index in [4.69, 9.17) is 9.41 Å². The van der Waals surface area contributed by atoms with Crippen LogP contribution in [0, 0.1) is 0 Å². The van der Waals surface area contributed by atoms with Gasteiger partial charge in [0, 0.05) is 44.5 Å². The lowest BCUT2D eigenvalue weighted by Crippen LogP contribution is -2.53. The number of carbonyl (C=O) groups is 2. The summed E-state index contributed by atoms with van der Waals surface area (Å²) in [7, 11) is 0. The SMILES string of the molecule is CCNC(=NCc1ccc(NC(=O)NC(C)C)cc1)N1CCN(C(=O)c2ccco2)CC1.I. The highest BCUT2D eigenvalue weighted by Gasteiger charge is 2.25. The van der Waals surface area contributed by atoms with Gasteiger partial charge in [0.25, 0.3) is 5.91 Å². The molecule has 1 fully saturated rings. The van der Waals surface area contributed by atoms with E-state index in [2.05, 4.69) is 20.9 Å². The van der Waals surface area contributed by atoms with E-state index in [0.717, 1.165) is 23.8 Å². The second kappa shape index (κ2) is 13.1. The molecule has 0 radical (unpaired) electrons. The van der Waals surface area contributed by atoms with Crippen LogP contribution in [0.25, 0.3) is 0 Å². The van der Waals surface area contributed by atoms with Crippen molar-refractivity contribution in [1.82, 2.24) is 20.4 Å².